The number of rotatable bonds is 2. The molecule has 96 valence electrons. The van der Waals surface area contributed by atoms with Crippen molar-refractivity contribution in [1.29, 1.82) is 0 Å². The number of aromatic nitrogens is 1. The van der Waals surface area contributed by atoms with Gasteiger partial charge in [0.1, 0.15) is 16.5 Å². The van der Waals surface area contributed by atoms with Crippen molar-refractivity contribution in [3.05, 3.63) is 42.0 Å². The highest BCUT2D eigenvalue weighted by Gasteiger charge is 2.12. The van der Waals surface area contributed by atoms with Gasteiger partial charge < -0.3 is 9.84 Å². The molecule has 19 heavy (non-hydrogen) atoms. The monoisotopic (exact) mass is 271 g/mol. The number of methoxy groups -OCH3 is 1. The van der Waals surface area contributed by atoms with E-state index in [-0.39, 0.29) is 5.75 Å². The zero-order valence-corrected chi connectivity index (χ0v) is 11.5. The number of ether oxygens (including phenoxy) is 1. The highest BCUT2D eigenvalue weighted by atomic mass is 32.1. The third-order valence-electron chi connectivity index (χ3n) is 3.05. The number of phenols is 1. The summed E-state index contributed by atoms with van der Waals surface area (Å²) in [7, 11) is 1.61. The number of hydrogen-bond acceptors (Lipinski definition) is 4. The molecule has 0 saturated carbocycles. The summed E-state index contributed by atoms with van der Waals surface area (Å²) < 4.78 is 6.32. The Morgan fingerprint density at radius 1 is 1.21 bits per heavy atom. The smallest absolute Gasteiger partial charge is 0.128 e. The molecule has 3 nitrogen and oxygen atoms in total. The Morgan fingerprint density at radius 3 is 2.79 bits per heavy atom. The molecule has 1 aromatic heterocycles. The fourth-order valence-electron chi connectivity index (χ4n) is 2.01. The van der Waals surface area contributed by atoms with Crippen molar-refractivity contribution in [3.63, 3.8) is 0 Å². The van der Waals surface area contributed by atoms with E-state index in [0.717, 1.165) is 20.8 Å². The van der Waals surface area contributed by atoms with E-state index >= 15 is 0 Å². The van der Waals surface area contributed by atoms with Gasteiger partial charge in [0.15, 0.2) is 0 Å². The lowest BCUT2D eigenvalue weighted by atomic mass is 10.2. The van der Waals surface area contributed by atoms with Crippen molar-refractivity contribution in [3.8, 4) is 22.1 Å². The second kappa shape index (κ2) is 4.55. The Kier molecular flexibility index (Phi) is 2.87. The first kappa shape index (κ1) is 12.0. The highest BCUT2D eigenvalue weighted by molar-refractivity contribution is 7.21. The van der Waals surface area contributed by atoms with Crippen LogP contribution in [0, 0.1) is 6.92 Å². The Hall–Kier alpha value is -2.07. The molecule has 0 aliphatic heterocycles. The minimum Gasteiger partial charge on any atom is -0.507 e. The van der Waals surface area contributed by atoms with Gasteiger partial charge >= 0.3 is 0 Å². The zero-order chi connectivity index (χ0) is 13.4. The Balaban J connectivity index is 2.21. The van der Waals surface area contributed by atoms with Gasteiger partial charge in [0.25, 0.3) is 0 Å². The van der Waals surface area contributed by atoms with Gasteiger partial charge in [-0.3, -0.25) is 0 Å². The summed E-state index contributed by atoms with van der Waals surface area (Å²) >= 11 is 1.57. The van der Waals surface area contributed by atoms with Gasteiger partial charge in [-0.2, -0.15) is 0 Å². The molecule has 0 aliphatic rings. The number of nitrogens with zero attached hydrogens (tertiary/aromatic N) is 1. The fourth-order valence-corrected chi connectivity index (χ4v) is 3.08. The molecular formula is C15H13NO2S. The van der Waals surface area contributed by atoms with Gasteiger partial charge in [0, 0.05) is 0 Å². The van der Waals surface area contributed by atoms with Gasteiger partial charge in [-0.05, 0) is 36.8 Å². The molecule has 3 aromatic rings. The molecule has 0 saturated heterocycles. The molecule has 0 amide bonds. The summed E-state index contributed by atoms with van der Waals surface area (Å²) in [5, 5.41) is 10.8. The van der Waals surface area contributed by atoms with E-state index in [1.807, 2.05) is 31.2 Å². The average molecular weight is 271 g/mol. The first-order chi connectivity index (χ1) is 9.19. The lowest BCUT2D eigenvalue weighted by molar-refractivity contribution is 0.412. The average Bonchev–Trinajstić information content (AvgIpc) is 2.84. The number of phenolic OH excluding ortho intramolecular Hbond substituents is 1. The molecule has 1 heterocycles. The molecule has 1 N–H and O–H groups in total. The number of aromatic hydroxyl groups is 1. The third kappa shape index (κ3) is 2.04. The highest BCUT2D eigenvalue weighted by Crippen LogP contribution is 2.37. The Labute approximate surface area is 115 Å². The van der Waals surface area contributed by atoms with Crippen LogP contribution in [0.25, 0.3) is 20.8 Å². The summed E-state index contributed by atoms with van der Waals surface area (Å²) in [6.45, 7) is 2.04. The summed E-state index contributed by atoms with van der Waals surface area (Å²) in [5.74, 6) is 0.932. The van der Waals surface area contributed by atoms with Crippen LogP contribution in [0.15, 0.2) is 36.4 Å². The number of fused-ring (bicyclic) bond motifs is 1. The first-order valence-electron chi connectivity index (χ1n) is 5.92. The van der Waals surface area contributed by atoms with Crippen LogP contribution in [-0.4, -0.2) is 17.2 Å². The molecule has 3 rings (SSSR count). The SMILES string of the molecule is COc1ccc(O)c(-c2nc3c(C)cccc3s2)c1. The van der Waals surface area contributed by atoms with Crippen LogP contribution in [0.2, 0.25) is 0 Å². The van der Waals surface area contributed by atoms with Crippen LogP contribution in [0.4, 0.5) is 0 Å². The molecule has 0 unspecified atom stereocenters. The quantitative estimate of drug-likeness (QED) is 0.766. The van der Waals surface area contributed by atoms with E-state index < -0.39 is 0 Å². The lowest BCUT2D eigenvalue weighted by Crippen LogP contribution is -1.84. The Bertz CT molecular complexity index is 749. The van der Waals surface area contributed by atoms with Gasteiger partial charge in [-0.25, -0.2) is 4.98 Å². The van der Waals surface area contributed by atoms with E-state index in [2.05, 4.69) is 4.98 Å². The van der Waals surface area contributed by atoms with Gasteiger partial charge in [-0.15, -0.1) is 11.3 Å². The molecule has 4 heteroatoms. The van der Waals surface area contributed by atoms with Gasteiger partial charge in [0.05, 0.1) is 22.9 Å². The zero-order valence-electron chi connectivity index (χ0n) is 10.7. The van der Waals surface area contributed by atoms with Crippen LogP contribution in [0.3, 0.4) is 0 Å². The van der Waals surface area contributed by atoms with E-state index in [4.69, 9.17) is 4.74 Å². The summed E-state index contributed by atoms with van der Waals surface area (Å²) in [5.41, 5.74) is 2.84. The Morgan fingerprint density at radius 2 is 2.05 bits per heavy atom. The molecule has 0 radical (unpaired) electrons. The molecule has 0 spiro atoms. The van der Waals surface area contributed by atoms with Crippen molar-refractivity contribution >= 4 is 21.6 Å². The predicted molar refractivity (Wildman–Crippen MR) is 78.0 cm³/mol. The lowest BCUT2D eigenvalue weighted by Gasteiger charge is -2.04. The number of thiazole rings is 1. The fraction of sp³-hybridized carbons (Fsp3) is 0.133. The second-order valence-corrected chi connectivity index (χ2v) is 5.35. The minimum atomic E-state index is 0.220. The molecular weight excluding hydrogens is 258 g/mol. The van der Waals surface area contributed by atoms with E-state index in [1.54, 1.807) is 30.6 Å². The standard InChI is InChI=1S/C15H13NO2S/c1-9-4-3-5-13-14(9)16-15(19-13)11-8-10(18-2)6-7-12(11)17/h3-8,17H,1-2H3. The van der Waals surface area contributed by atoms with Crippen molar-refractivity contribution in [2.75, 3.05) is 7.11 Å². The number of aryl methyl sites for hydroxylation is 1. The molecule has 2 aromatic carbocycles. The predicted octanol–water partition coefficient (Wildman–Crippen LogP) is 3.99. The van der Waals surface area contributed by atoms with Crippen molar-refractivity contribution in [2.24, 2.45) is 0 Å². The molecule has 0 atom stereocenters. The molecule has 0 bridgehead atoms. The van der Waals surface area contributed by atoms with Crippen molar-refractivity contribution in [2.45, 2.75) is 6.92 Å². The first-order valence-corrected chi connectivity index (χ1v) is 6.74. The van der Waals surface area contributed by atoms with Crippen LogP contribution >= 0.6 is 11.3 Å². The molecule has 0 aliphatic carbocycles. The topological polar surface area (TPSA) is 42.4 Å². The minimum absolute atomic E-state index is 0.220. The van der Waals surface area contributed by atoms with Crippen LogP contribution < -0.4 is 4.74 Å². The van der Waals surface area contributed by atoms with Crippen molar-refractivity contribution < 1.29 is 9.84 Å². The van der Waals surface area contributed by atoms with Gasteiger partial charge in [-0.1, -0.05) is 12.1 Å². The van der Waals surface area contributed by atoms with Crippen LogP contribution in [-0.2, 0) is 0 Å². The summed E-state index contributed by atoms with van der Waals surface area (Å²) in [6.07, 6.45) is 0. The van der Waals surface area contributed by atoms with E-state index in [1.165, 1.54) is 0 Å². The number of benzene rings is 2. The largest absolute Gasteiger partial charge is 0.507 e. The number of hydrogen-bond donors (Lipinski definition) is 1. The van der Waals surface area contributed by atoms with E-state index in [0.29, 0.717) is 11.3 Å². The normalized spacial score (nSPS) is 10.8. The molecule has 0 fully saturated rings. The third-order valence-corrected chi connectivity index (χ3v) is 4.11. The van der Waals surface area contributed by atoms with Crippen molar-refractivity contribution in [1.82, 2.24) is 4.98 Å². The van der Waals surface area contributed by atoms with E-state index in [9.17, 15) is 5.11 Å². The number of para-hydroxylation sites is 1. The van der Waals surface area contributed by atoms with Crippen LogP contribution in [0.1, 0.15) is 5.56 Å². The van der Waals surface area contributed by atoms with Gasteiger partial charge in [0.2, 0.25) is 0 Å². The maximum absolute atomic E-state index is 9.99. The summed E-state index contributed by atoms with van der Waals surface area (Å²) in [6, 6.07) is 11.3. The van der Waals surface area contributed by atoms with Crippen LogP contribution in [0.5, 0.6) is 11.5 Å². The maximum atomic E-state index is 9.99. The maximum Gasteiger partial charge on any atom is 0.128 e. The summed E-state index contributed by atoms with van der Waals surface area (Å²) in [4.78, 5) is 4.62. The second-order valence-electron chi connectivity index (χ2n) is 4.32.